The Balaban J connectivity index is 1.14. The lowest BCUT2D eigenvalue weighted by Gasteiger charge is -2.38. The van der Waals surface area contributed by atoms with Crippen LogP contribution in [0.5, 0.6) is 5.75 Å². The number of benzene rings is 5. The highest BCUT2D eigenvalue weighted by molar-refractivity contribution is 8.00. The van der Waals surface area contributed by atoms with E-state index in [2.05, 4.69) is 52.8 Å². The van der Waals surface area contributed by atoms with Crippen molar-refractivity contribution in [3.63, 3.8) is 0 Å². The van der Waals surface area contributed by atoms with Crippen molar-refractivity contribution in [2.75, 3.05) is 58.8 Å². The Morgan fingerprint density at radius 1 is 0.537 bits per heavy atom. The third-order valence-electron chi connectivity index (χ3n) is 23.7. The Labute approximate surface area is 774 Å². The van der Waals surface area contributed by atoms with Crippen LogP contribution in [-0.4, -0.2) is 294 Å². The maximum absolute atomic E-state index is 15.7. The first kappa shape index (κ1) is 104. The van der Waals surface area contributed by atoms with Crippen molar-refractivity contribution in [2.24, 2.45) is 17.4 Å². The molecule has 4 heterocycles. The molecule has 3 fully saturated rings. The van der Waals surface area contributed by atoms with Crippen molar-refractivity contribution in [1.29, 1.82) is 0 Å². The van der Waals surface area contributed by atoms with Crippen LogP contribution in [0.2, 0.25) is 0 Å². The Hall–Kier alpha value is -13.5. The molecule has 0 spiro atoms. The number of aliphatic carboxylic acids is 2. The van der Waals surface area contributed by atoms with Crippen LogP contribution in [0, 0.1) is 23.4 Å². The van der Waals surface area contributed by atoms with Crippen molar-refractivity contribution in [2.45, 2.75) is 208 Å². The predicted molar refractivity (Wildman–Crippen MR) is 481 cm³/mol. The number of primary amides is 1. The van der Waals surface area contributed by atoms with Gasteiger partial charge in [0.05, 0.1) is 24.8 Å². The number of likely N-dealkylation sites (N-methyl/N-ethyl adjacent to an activating group) is 3. The van der Waals surface area contributed by atoms with E-state index in [-0.39, 0.29) is 82.2 Å². The summed E-state index contributed by atoms with van der Waals surface area (Å²) in [7, 11) is 3.64. The molecule has 6 aromatic rings. The number of hydrogen-bond acceptors (Lipinski definition) is 21. The number of unbranched alkanes of at least 4 members (excludes halogenated alkanes) is 1. The number of carboxylic acid groups (broad SMARTS) is 2. The molecule has 3 saturated heterocycles. The highest BCUT2D eigenvalue weighted by Gasteiger charge is 2.47. The van der Waals surface area contributed by atoms with Crippen LogP contribution in [0.25, 0.3) is 10.9 Å². The van der Waals surface area contributed by atoms with Crippen LogP contribution < -0.4 is 59.3 Å². The number of para-hydroxylation sites is 1. The number of phenols is 1. The van der Waals surface area contributed by atoms with Gasteiger partial charge in [-0.25, -0.2) is 13.2 Å². The molecule has 5 aromatic carbocycles. The largest absolute Gasteiger partial charge is 0.508 e. The second-order valence-electron chi connectivity index (χ2n) is 33.9. The molecule has 18 N–H and O–H groups in total. The first-order chi connectivity index (χ1) is 63.7. The van der Waals surface area contributed by atoms with Crippen LogP contribution in [0.15, 0.2) is 128 Å². The van der Waals surface area contributed by atoms with Crippen LogP contribution in [0.3, 0.4) is 0 Å². The summed E-state index contributed by atoms with van der Waals surface area (Å²) in [5.74, 6) is -26.4. The number of aliphatic hydroxyl groups excluding tert-OH is 1. The molecule has 9 rings (SSSR count). The van der Waals surface area contributed by atoms with E-state index in [1.165, 1.54) is 59.3 Å². The van der Waals surface area contributed by atoms with Crippen molar-refractivity contribution >= 4 is 123 Å². The van der Waals surface area contributed by atoms with E-state index in [1.54, 1.807) is 98.0 Å². The van der Waals surface area contributed by atoms with E-state index in [1.807, 2.05) is 0 Å². The van der Waals surface area contributed by atoms with E-state index in [0.29, 0.717) is 63.5 Å². The molecule has 0 saturated carbocycles. The van der Waals surface area contributed by atoms with Gasteiger partial charge in [0, 0.05) is 102 Å². The minimum absolute atomic E-state index is 0.000568. The molecule has 722 valence electrons. The smallest absolute Gasteiger partial charge is 0.305 e. The van der Waals surface area contributed by atoms with Gasteiger partial charge in [-0.15, -0.1) is 11.8 Å². The average Bonchev–Trinajstić information content (AvgIpc) is 1.58. The van der Waals surface area contributed by atoms with Gasteiger partial charge in [0.15, 0.2) is 17.5 Å². The molecule has 0 unspecified atom stereocenters. The number of carbonyl (C=O) groups excluding carboxylic acids is 15. The Morgan fingerprint density at radius 2 is 1.09 bits per heavy atom. The summed E-state index contributed by atoms with van der Waals surface area (Å²) in [6.07, 6.45) is -4.80. The number of carboxylic acids is 2. The van der Waals surface area contributed by atoms with Crippen LogP contribution >= 0.6 is 11.8 Å². The number of thioether (sulfide) groups is 1. The number of H-pyrrole nitrogens is 1. The lowest BCUT2D eigenvalue weighted by molar-refractivity contribution is -0.152. The fourth-order valence-electron chi connectivity index (χ4n) is 16.4. The molecule has 3 aliphatic heterocycles. The number of aromatic nitrogens is 1. The summed E-state index contributed by atoms with van der Waals surface area (Å²) in [5.41, 5.74) is 13.2. The minimum Gasteiger partial charge on any atom is -0.508 e. The van der Waals surface area contributed by atoms with Gasteiger partial charge in [0.2, 0.25) is 88.6 Å². The number of amides is 15. The normalized spacial score (nSPS) is 24.0. The second-order valence-corrected chi connectivity index (χ2v) is 34.9. The van der Waals surface area contributed by atoms with Crippen molar-refractivity contribution < 1.29 is 115 Å². The molecule has 42 heteroatoms. The van der Waals surface area contributed by atoms with Crippen molar-refractivity contribution in [3.8, 4) is 5.75 Å². The SMILES string of the molecule is CCCC[C@H]1C(=O)N2CCC[C@@H]2C(=O)N[C@@H](CC(=O)O)C(=O)N[C@@H](C(C)C)C(=O)N(C)[C@@H](Cc2ccccc2)C(=O)N[C@@H](CCC(=O)O)C(=O)N2C[C@@H](O)C[C@@H]2C(=O)N[C@@H](Cc2c[nH]c3ccccc23)C(=O)N[C@@H](Cc2ccc(O)cc2)C(=O)N[C@@H](CCCN)C(=O)N[C@H](C(=O)NCC(N)=O)CSCC(=O)N[C@@H](Cc2cc(F)c(F)c(F)c2)C(=O)N(C)[C@@H](Cc2ccccc2)C(=O)N1C. The highest BCUT2D eigenvalue weighted by atomic mass is 32.2. The molecule has 0 radical (unpaired) electrons. The molecule has 38 nitrogen and oxygen atoms in total. The number of hydrogen-bond donors (Lipinski definition) is 16. The molecule has 0 aliphatic carbocycles. The van der Waals surface area contributed by atoms with Gasteiger partial charge in [-0.3, -0.25) is 81.5 Å². The molecule has 134 heavy (non-hydrogen) atoms. The number of phenolic OH excluding ortho intramolecular Hbond substituents is 1. The minimum atomic E-state index is -1.99. The number of aliphatic hydroxyl groups is 1. The number of nitrogens with zero attached hydrogens (tertiary/aromatic N) is 5. The zero-order valence-corrected chi connectivity index (χ0v) is 75.8. The fraction of sp³-hybridized carbons (Fsp3) is 0.467. The summed E-state index contributed by atoms with van der Waals surface area (Å²) in [6.45, 7) is 3.16. The first-order valence-corrected chi connectivity index (χ1v) is 45.2. The van der Waals surface area contributed by atoms with E-state index in [0.717, 1.165) is 24.5 Å². The predicted octanol–water partition coefficient (Wildman–Crippen LogP) is 0.389. The van der Waals surface area contributed by atoms with Crippen molar-refractivity contribution in [1.82, 2.24) is 77.3 Å². The van der Waals surface area contributed by atoms with Crippen LogP contribution in [0.1, 0.15) is 119 Å². The quantitative estimate of drug-likeness (QED) is 0.0345. The van der Waals surface area contributed by atoms with E-state index < -0.39 is 272 Å². The topological polar surface area (TPSA) is 563 Å². The average molecular weight is 1890 g/mol. The molecule has 14 atom stereocenters. The van der Waals surface area contributed by atoms with Gasteiger partial charge in [0.1, 0.15) is 84.3 Å². The highest BCUT2D eigenvalue weighted by Crippen LogP contribution is 2.29. The Kier molecular flexibility index (Phi) is 38.3. The van der Waals surface area contributed by atoms with Gasteiger partial charge < -0.3 is 109 Å². The third-order valence-corrected chi connectivity index (χ3v) is 24.7. The Bertz CT molecular complexity index is 5210. The molecule has 0 bridgehead atoms. The first-order valence-electron chi connectivity index (χ1n) is 44.1. The number of nitrogens with one attached hydrogen (secondary N) is 10. The summed E-state index contributed by atoms with van der Waals surface area (Å²) in [5, 5.41) is 65.9. The monoisotopic (exact) mass is 1880 g/mol. The number of rotatable bonds is 25. The van der Waals surface area contributed by atoms with Crippen LogP contribution in [-0.2, 0) is 114 Å². The van der Waals surface area contributed by atoms with Gasteiger partial charge in [-0.1, -0.05) is 125 Å². The third kappa shape index (κ3) is 28.8. The van der Waals surface area contributed by atoms with E-state index >= 15 is 51.9 Å². The lowest BCUT2D eigenvalue weighted by atomic mass is 9.98. The maximum atomic E-state index is 15.7. The summed E-state index contributed by atoms with van der Waals surface area (Å²) in [6, 6.07) is 7.47. The number of aromatic amines is 1. The van der Waals surface area contributed by atoms with Crippen molar-refractivity contribution in [3.05, 3.63) is 173 Å². The van der Waals surface area contributed by atoms with E-state index in [9.17, 15) is 63.2 Å². The summed E-state index contributed by atoms with van der Waals surface area (Å²) >= 11 is 0.639. The fourth-order valence-corrected chi connectivity index (χ4v) is 17.2. The molecule has 1 aromatic heterocycles. The number of nitrogens with two attached hydrogens (primary N) is 2. The lowest BCUT2D eigenvalue weighted by Crippen LogP contribution is -2.62. The van der Waals surface area contributed by atoms with Gasteiger partial charge in [-0.2, -0.15) is 0 Å². The van der Waals surface area contributed by atoms with Gasteiger partial charge >= 0.3 is 11.9 Å². The standard InChI is InChI=1S/C92H116F3N17O21S/c1-7-8-26-70-91(132)111-35-18-27-69(111)85(126)105-66(44-77(119)120)84(125)107-79(50(2)3)92(133)109(5)71(40-51-19-11-9-12-20-51)86(127)102-63(32-33-76(117)118)89(130)112-47-57(114)43-72(112)87(128)104-65(42-55-45-98-61-24-16-15-23-58(55)61)83(124)103-64(38-53-28-30-56(113)31-29-53)82(123)101-62(25-17-34-96)81(122)106-68(80(121)99-46-74(97)115)48-134-49-75(116)100-67(39-54-36-59(93)78(95)60(94)37-54)88(129)110(6)73(90(131)108(70)4)41-52-21-13-10-14-22-52/h9-16,19-24,28-31,36-37,45,50,57,62-73,79,98,113-114H,7-8,17-18,25-27,32-35,38-44,46-49,96H2,1-6H3,(H2,97,115)(H,99,121)(H,100,116)(H,101,123)(H,102,127)(H,103,124)(H,104,128)(H,105,126)(H,106,122)(H,107,125)(H,117,118)(H,119,120)/t57-,62-,63-,64-,65-,66-,67-,68-,69+,70-,71-,72+,73-,79-/m0/s1. The molecule has 15 amide bonds. The van der Waals surface area contributed by atoms with Gasteiger partial charge in [-0.05, 0) is 109 Å². The molecular weight excluding hydrogens is 1770 g/mol. The summed E-state index contributed by atoms with van der Waals surface area (Å²) in [4.78, 5) is 258. The zero-order valence-electron chi connectivity index (χ0n) is 75.0. The number of carbonyl (C=O) groups is 17. The number of halogens is 3. The van der Waals surface area contributed by atoms with E-state index in [4.69, 9.17) is 11.5 Å². The number of aromatic hydroxyl groups is 1. The second kappa shape index (κ2) is 49.3. The number of fused-ring (bicyclic) bond motifs is 3. The van der Waals surface area contributed by atoms with Gasteiger partial charge in [0.25, 0.3) is 0 Å². The molecular formula is C92H116F3N17O21S. The van der Waals surface area contributed by atoms with Crippen LogP contribution in [0.4, 0.5) is 13.2 Å². The Morgan fingerprint density at radius 3 is 1.71 bits per heavy atom. The zero-order chi connectivity index (χ0) is 97.9. The molecule has 3 aliphatic rings. The maximum Gasteiger partial charge on any atom is 0.305 e. The summed E-state index contributed by atoms with van der Waals surface area (Å²) < 4.78 is 45.1.